The van der Waals surface area contributed by atoms with E-state index in [1.54, 1.807) is 6.92 Å². The van der Waals surface area contributed by atoms with Crippen molar-refractivity contribution in [3.8, 4) is 11.5 Å². The number of rotatable bonds is 13. The predicted molar refractivity (Wildman–Crippen MR) is 144 cm³/mol. The Morgan fingerprint density at radius 1 is 1.13 bits per heavy atom. The zero-order valence-electron chi connectivity index (χ0n) is 21.9. The number of sulfonamides is 2. The molecular weight excluding hydrogens is 552 g/mol. The number of anilines is 1. The number of methoxy groups -OCH3 is 1. The minimum atomic E-state index is -4.06. The van der Waals surface area contributed by atoms with E-state index in [-0.39, 0.29) is 41.6 Å². The first-order chi connectivity index (χ1) is 18.4. The van der Waals surface area contributed by atoms with Gasteiger partial charge in [-0.25, -0.2) is 16.8 Å². The van der Waals surface area contributed by atoms with Crippen LogP contribution in [0.15, 0.2) is 47.4 Å². The average molecular weight is 585 g/mol. The molecule has 15 heteroatoms. The molecule has 0 radical (unpaired) electrons. The van der Waals surface area contributed by atoms with Gasteiger partial charge in [0.2, 0.25) is 26.0 Å². The van der Waals surface area contributed by atoms with Crippen LogP contribution in [-0.4, -0.2) is 77.6 Å². The standard InChI is InChI=1S/C24H32N4O9S2/c1-4-21(27(38(3,32)33)22-17-18(28(30)31)7-12-23(22)36-2)24(29)25-13-16-37-19-8-10-20(11-9-19)39(34,35)26-14-5-6-15-26/h7-12,17,21H,4-6,13-16H2,1-3H3,(H,25,29). The van der Waals surface area contributed by atoms with Crippen LogP contribution in [0.1, 0.15) is 26.2 Å². The van der Waals surface area contributed by atoms with Gasteiger partial charge in [-0.05, 0) is 49.6 Å². The SMILES string of the molecule is CCC(C(=O)NCCOc1ccc(S(=O)(=O)N2CCCC2)cc1)N(c1cc([N+](=O)[O-])ccc1OC)S(C)(=O)=O. The molecule has 1 atom stereocenters. The summed E-state index contributed by atoms with van der Waals surface area (Å²) in [4.78, 5) is 23.8. The monoisotopic (exact) mass is 584 g/mol. The molecule has 0 bridgehead atoms. The van der Waals surface area contributed by atoms with Gasteiger partial charge in [-0.15, -0.1) is 0 Å². The largest absolute Gasteiger partial charge is 0.495 e. The zero-order chi connectivity index (χ0) is 28.8. The van der Waals surface area contributed by atoms with E-state index in [2.05, 4.69) is 5.32 Å². The average Bonchev–Trinajstić information content (AvgIpc) is 3.45. The normalized spacial score (nSPS) is 14.9. The highest BCUT2D eigenvalue weighted by Crippen LogP contribution is 2.35. The second kappa shape index (κ2) is 12.6. The van der Waals surface area contributed by atoms with E-state index >= 15 is 0 Å². The molecule has 0 saturated carbocycles. The van der Waals surface area contributed by atoms with E-state index in [9.17, 15) is 31.7 Å². The van der Waals surface area contributed by atoms with Gasteiger partial charge in [0.25, 0.3) is 5.69 Å². The van der Waals surface area contributed by atoms with Crippen molar-refractivity contribution in [2.24, 2.45) is 0 Å². The van der Waals surface area contributed by atoms with Crippen molar-refractivity contribution in [2.45, 2.75) is 37.1 Å². The molecule has 3 rings (SSSR count). The number of carbonyl (C=O) groups excluding carboxylic acids is 1. The smallest absolute Gasteiger partial charge is 0.271 e. The van der Waals surface area contributed by atoms with E-state index in [4.69, 9.17) is 9.47 Å². The number of hydrogen-bond donors (Lipinski definition) is 1. The summed E-state index contributed by atoms with van der Waals surface area (Å²) in [7, 11) is -6.31. The van der Waals surface area contributed by atoms with E-state index in [0.717, 1.165) is 29.5 Å². The lowest BCUT2D eigenvalue weighted by molar-refractivity contribution is -0.384. The highest BCUT2D eigenvalue weighted by molar-refractivity contribution is 7.92. The van der Waals surface area contributed by atoms with Gasteiger partial charge in [0, 0.05) is 25.2 Å². The molecule has 39 heavy (non-hydrogen) atoms. The highest BCUT2D eigenvalue weighted by Gasteiger charge is 2.34. The van der Waals surface area contributed by atoms with Crippen molar-refractivity contribution in [3.05, 3.63) is 52.6 Å². The highest BCUT2D eigenvalue weighted by atomic mass is 32.2. The minimum Gasteiger partial charge on any atom is -0.495 e. The van der Waals surface area contributed by atoms with Crippen LogP contribution in [0.5, 0.6) is 11.5 Å². The number of non-ortho nitro benzene ring substituents is 1. The lowest BCUT2D eigenvalue weighted by atomic mass is 10.1. The number of carbonyl (C=O) groups is 1. The molecule has 1 amide bonds. The molecule has 1 unspecified atom stereocenters. The zero-order valence-corrected chi connectivity index (χ0v) is 23.5. The van der Waals surface area contributed by atoms with Crippen LogP contribution in [0.25, 0.3) is 0 Å². The van der Waals surface area contributed by atoms with Crippen LogP contribution in [0, 0.1) is 10.1 Å². The maximum absolute atomic E-state index is 13.0. The fraction of sp³-hybridized carbons (Fsp3) is 0.458. The molecule has 0 aliphatic carbocycles. The Hall–Kier alpha value is -3.43. The number of hydrogen-bond acceptors (Lipinski definition) is 9. The van der Waals surface area contributed by atoms with Crippen molar-refractivity contribution in [3.63, 3.8) is 0 Å². The first-order valence-corrected chi connectivity index (χ1v) is 15.5. The van der Waals surface area contributed by atoms with E-state index in [0.29, 0.717) is 18.8 Å². The van der Waals surface area contributed by atoms with Crippen LogP contribution in [0.3, 0.4) is 0 Å². The van der Waals surface area contributed by atoms with Crippen molar-refractivity contribution in [2.75, 3.05) is 43.9 Å². The van der Waals surface area contributed by atoms with E-state index in [1.165, 1.54) is 47.8 Å². The molecule has 1 fully saturated rings. The van der Waals surface area contributed by atoms with Crippen LogP contribution in [0.4, 0.5) is 11.4 Å². The molecular formula is C24H32N4O9S2. The quantitative estimate of drug-likeness (QED) is 0.211. The van der Waals surface area contributed by atoms with Crippen molar-refractivity contribution < 1.29 is 36.0 Å². The molecule has 1 aliphatic heterocycles. The molecule has 2 aromatic carbocycles. The third kappa shape index (κ3) is 7.16. The van der Waals surface area contributed by atoms with Gasteiger partial charge in [-0.2, -0.15) is 4.31 Å². The fourth-order valence-electron chi connectivity index (χ4n) is 4.25. The van der Waals surface area contributed by atoms with Crippen molar-refractivity contribution in [1.29, 1.82) is 0 Å². The van der Waals surface area contributed by atoms with Gasteiger partial charge in [-0.1, -0.05) is 6.92 Å². The summed E-state index contributed by atoms with van der Waals surface area (Å²) in [5, 5.41) is 13.9. The summed E-state index contributed by atoms with van der Waals surface area (Å²) in [6.45, 7) is 2.67. The summed E-state index contributed by atoms with van der Waals surface area (Å²) in [6.07, 6.45) is 2.65. The van der Waals surface area contributed by atoms with Gasteiger partial charge in [0.05, 0.1) is 29.7 Å². The Kier molecular flexibility index (Phi) is 9.74. The Morgan fingerprint density at radius 3 is 2.31 bits per heavy atom. The maximum atomic E-state index is 13.0. The number of benzene rings is 2. The van der Waals surface area contributed by atoms with Gasteiger partial charge < -0.3 is 14.8 Å². The van der Waals surface area contributed by atoms with Gasteiger partial charge >= 0.3 is 0 Å². The number of nitro benzene ring substituents is 1. The van der Waals surface area contributed by atoms with Crippen LogP contribution < -0.4 is 19.1 Å². The molecule has 1 saturated heterocycles. The second-order valence-electron chi connectivity index (χ2n) is 8.82. The third-order valence-electron chi connectivity index (χ3n) is 6.14. The maximum Gasteiger partial charge on any atom is 0.271 e. The molecule has 13 nitrogen and oxygen atoms in total. The van der Waals surface area contributed by atoms with E-state index in [1.807, 2.05) is 0 Å². The Balaban J connectivity index is 1.67. The second-order valence-corrected chi connectivity index (χ2v) is 12.6. The number of nitrogens with zero attached hydrogens (tertiary/aromatic N) is 3. The molecule has 0 spiro atoms. The van der Waals surface area contributed by atoms with Crippen LogP contribution >= 0.6 is 0 Å². The topological polar surface area (TPSA) is 165 Å². The number of amides is 1. The summed E-state index contributed by atoms with van der Waals surface area (Å²) in [5.41, 5.74) is -0.487. The Bertz CT molecular complexity index is 1390. The lowest BCUT2D eigenvalue weighted by Crippen LogP contribution is -2.50. The summed E-state index contributed by atoms with van der Waals surface area (Å²) < 4.78 is 63.8. The molecule has 1 aliphatic rings. The lowest BCUT2D eigenvalue weighted by Gasteiger charge is -2.30. The summed E-state index contributed by atoms with van der Waals surface area (Å²) in [5.74, 6) is -0.182. The number of nitro groups is 1. The molecule has 1 heterocycles. The van der Waals surface area contributed by atoms with Crippen molar-refractivity contribution in [1.82, 2.24) is 9.62 Å². The van der Waals surface area contributed by atoms with Gasteiger partial charge in [0.15, 0.2) is 0 Å². The third-order valence-corrected chi connectivity index (χ3v) is 9.22. The first kappa shape index (κ1) is 30.1. The van der Waals surface area contributed by atoms with Gasteiger partial charge in [0.1, 0.15) is 29.8 Å². The number of nitrogens with one attached hydrogen (secondary N) is 1. The molecule has 214 valence electrons. The Morgan fingerprint density at radius 2 is 1.77 bits per heavy atom. The molecule has 2 aromatic rings. The Labute approximate surface area is 227 Å². The molecule has 1 N–H and O–H groups in total. The predicted octanol–water partition coefficient (Wildman–Crippen LogP) is 2.13. The van der Waals surface area contributed by atoms with Crippen LogP contribution in [0.2, 0.25) is 0 Å². The summed E-state index contributed by atoms with van der Waals surface area (Å²) >= 11 is 0. The fourth-order valence-corrected chi connectivity index (χ4v) is 6.97. The number of ether oxygens (including phenoxy) is 2. The molecule has 0 aromatic heterocycles. The van der Waals surface area contributed by atoms with Crippen LogP contribution in [-0.2, 0) is 24.8 Å². The van der Waals surface area contributed by atoms with E-state index < -0.39 is 36.9 Å². The van der Waals surface area contributed by atoms with Crippen molar-refractivity contribution >= 4 is 37.3 Å². The minimum absolute atomic E-state index is 0.0207. The van der Waals surface area contributed by atoms with Gasteiger partial charge in [-0.3, -0.25) is 19.2 Å². The first-order valence-electron chi connectivity index (χ1n) is 12.2. The summed E-state index contributed by atoms with van der Waals surface area (Å²) in [6, 6.07) is 8.26.